The fraction of sp³-hybridized carbons (Fsp3) is 0.538. The van der Waals surface area contributed by atoms with Gasteiger partial charge in [0.1, 0.15) is 0 Å². The van der Waals surface area contributed by atoms with Crippen molar-refractivity contribution >= 4 is 23.0 Å². The average Bonchev–Trinajstić information content (AvgIpc) is 2.34. The zero-order chi connectivity index (χ0) is 12.9. The van der Waals surface area contributed by atoms with E-state index in [-0.39, 0.29) is 12.0 Å². The summed E-state index contributed by atoms with van der Waals surface area (Å²) in [4.78, 5) is 0. The van der Waals surface area contributed by atoms with Crippen LogP contribution >= 0.6 is 11.6 Å². The summed E-state index contributed by atoms with van der Waals surface area (Å²) < 4.78 is 0. The Kier molecular flexibility index (Phi) is 5.09. The highest BCUT2D eigenvalue weighted by molar-refractivity contribution is 6.33. The lowest BCUT2D eigenvalue weighted by molar-refractivity contribution is 0.127. The Bertz CT molecular complexity index is 336. The van der Waals surface area contributed by atoms with Crippen LogP contribution in [0.25, 0.3) is 0 Å². The highest BCUT2D eigenvalue weighted by atomic mass is 35.5. The molecule has 0 saturated heterocycles. The van der Waals surface area contributed by atoms with Gasteiger partial charge in [-0.15, -0.1) is 0 Å². The van der Waals surface area contributed by atoms with E-state index in [2.05, 4.69) is 19.2 Å². The third-order valence-electron chi connectivity index (χ3n) is 3.52. The van der Waals surface area contributed by atoms with Gasteiger partial charge in [0.25, 0.3) is 0 Å². The molecule has 1 rings (SSSR count). The number of anilines is 2. The van der Waals surface area contributed by atoms with Crippen LogP contribution in [0.1, 0.15) is 26.7 Å². The summed E-state index contributed by atoms with van der Waals surface area (Å²) in [5, 5.41) is 13.4. The fourth-order valence-corrected chi connectivity index (χ4v) is 2.03. The van der Waals surface area contributed by atoms with E-state index in [1.165, 1.54) is 0 Å². The van der Waals surface area contributed by atoms with Gasteiger partial charge in [-0.2, -0.15) is 0 Å². The minimum atomic E-state index is -0.106. The standard InChI is InChI=1S/C13H21ClN2O/c1-3-13(4-2,9-17)8-16-12-10(14)6-5-7-11(12)15/h5-7,16-17H,3-4,8-9,15H2,1-2H3. The molecule has 0 aliphatic carbocycles. The van der Waals surface area contributed by atoms with Crippen molar-refractivity contribution in [1.82, 2.24) is 0 Å². The number of hydrogen-bond donors (Lipinski definition) is 3. The number of para-hydroxylation sites is 1. The van der Waals surface area contributed by atoms with E-state index in [1.807, 2.05) is 12.1 Å². The van der Waals surface area contributed by atoms with Crippen molar-refractivity contribution in [1.29, 1.82) is 0 Å². The first-order chi connectivity index (χ1) is 8.08. The number of nitrogen functional groups attached to an aromatic ring is 1. The highest BCUT2D eigenvalue weighted by Crippen LogP contribution is 2.31. The number of rotatable bonds is 6. The summed E-state index contributed by atoms with van der Waals surface area (Å²) in [6, 6.07) is 5.44. The normalized spacial score (nSPS) is 11.5. The molecule has 0 radical (unpaired) electrons. The Morgan fingerprint density at radius 1 is 1.35 bits per heavy atom. The Hall–Kier alpha value is -0.930. The van der Waals surface area contributed by atoms with Crippen LogP contribution in [0.2, 0.25) is 5.02 Å². The third kappa shape index (κ3) is 3.27. The lowest BCUT2D eigenvalue weighted by Crippen LogP contribution is -2.32. The zero-order valence-electron chi connectivity index (χ0n) is 10.5. The van der Waals surface area contributed by atoms with Gasteiger partial charge in [0.05, 0.1) is 23.0 Å². The molecule has 0 aliphatic heterocycles. The van der Waals surface area contributed by atoms with Crippen LogP contribution < -0.4 is 11.1 Å². The molecule has 17 heavy (non-hydrogen) atoms. The molecule has 3 nitrogen and oxygen atoms in total. The largest absolute Gasteiger partial charge is 0.397 e. The minimum Gasteiger partial charge on any atom is -0.397 e. The molecule has 1 aromatic carbocycles. The molecule has 0 fully saturated rings. The Morgan fingerprint density at radius 3 is 2.47 bits per heavy atom. The molecule has 0 aromatic heterocycles. The Labute approximate surface area is 108 Å². The first-order valence-electron chi connectivity index (χ1n) is 5.97. The number of benzene rings is 1. The molecule has 0 atom stereocenters. The number of hydrogen-bond acceptors (Lipinski definition) is 3. The molecular weight excluding hydrogens is 236 g/mol. The number of nitrogens with two attached hydrogens (primary N) is 1. The summed E-state index contributed by atoms with van der Waals surface area (Å²) in [5.74, 6) is 0. The van der Waals surface area contributed by atoms with E-state index in [0.717, 1.165) is 18.5 Å². The summed E-state index contributed by atoms with van der Waals surface area (Å²) in [7, 11) is 0. The van der Waals surface area contributed by atoms with Crippen LogP contribution in [-0.2, 0) is 0 Å². The predicted molar refractivity (Wildman–Crippen MR) is 74.5 cm³/mol. The average molecular weight is 257 g/mol. The summed E-state index contributed by atoms with van der Waals surface area (Å²) >= 11 is 6.08. The topological polar surface area (TPSA) is 58.3 Å². The van der Waals surface area contributed by atoms with Crippen LogP contribution in [0.3, 0.4) is 0 Å². The molecule has 4 heteroatoms. The van der Waals surface area contributed by atoms with Crippen LogP contribution in [0.15, 0.2) is 18.2 Å². The Balaban J connectivity index is 2.79. The van der Waals surface area contributed by atoms with Gasteiger partial charge in [-0.3, -0.25) is 0 Å². The van der Waals surface area contributed by atoms with E-state index < -0.39 is 0 Å². The molecule has 0 amide bonds. The van der Waals surface area contributed by atoms with Crippen LogP contribution in [-0.4, -0.2) is 18.3 Å². The molecule has 0 spiro atoms. The molecular formula is C13H21ClN2O. The number of nitrogens with one attached hydrogen (secondary N) is 1. The lowest BCUT2D eigenvalue weighted by atomic mass is 9.83. The molecule has 0 unspecified atom stereocenters. The molecule has 4 N–H and O–H groups in total. The van der Waals surface area contributed by atoms with E-state index in [9.17, 15) is 5.11 Å². The third-order valence-corrected chi connectivity index (χ3v) is 3.84. The quantitative estimate of drug-likeness (QED) is 0.686. The lowest BCUT2D eigenvalue weighted by Gasteiger charge is -2.30. The van der Waals surface area contributed by atoms with Gasteiger partial charge < -0.3 is 16.2 Å². The van der Waals surface area contributed by atoms with Gasteiger partial charge >= 0.3 is 0 Å². The van der Waals surface area contributed by atoms with Crippen LogP contribution in [0, 0.1) is 5.41 Å². The van der Waals surface area contributed by atoms with Crippen molar-refractivity contribution in [3.05, 3.63) is 23.2 Å². The second-order valence-electron chi connectivity index (χ2n) is 4.42. The molecule has 0 heterocycles. The fourth-order valence-electron chi connectivity index (χ4n) is 1.78. The first kappa shape index (κ1) is 14.1. The zero-order valence-corrected chi connectivity index (χ0v) is 11.2. The summed E-state index contributed by atoms with van der Waals surface area (Å²) in [6.45, 7) is 5.00. The van der Waals surface area contributed by atoms with Crippen molar-refractivity contribution in [3.8, 4) is 0 Å². The summed E-state index contributed by atoms with van der Waals surface area (Å²) in [6.07, 6.45) is 1.83. The smallest absolute Gasteiger partial charge is 0.0763 e. The molecule has 1 aromatic rings. The maximum Gasteiger partial charge on any atom is 0.0763 e. The monoisotopic (exact) mass is 256 g/mol. The van der Waals surface area contributed by atoms with E-state index in [4.69, 9.17) is 17.3 Å². The number of aliphatic hydroxyl groups is 1. The van der Waals surface area contributed by atoms with Gasteiger partial charge in [-0.25, -0.2) is 0 Å². The van der Waals surface area contributed by atoms with Crippen molar-refractivity contribution in [2.45, 2.75) is 26.7 Å². The maximum absolute atomic E-state index is 9.49. The second kappa shape index (κ2) is 6.12. The molecule has 0 saturated carbocycles. The van der Waals surface area contributed by atoms with Gasteiger partial charge in [-0.05, 0) is 25.0 Å². The van der Waals surface area contributed by atoms with E-state index >= 15 is 0 Å². The Morgan fingerprint density at radius 2 is 2.00 bits per heavy atom. The van der Waals surface area contributed by atoms with Crippen LogP contribution in [0.5, 0.6) is 0 Å². The predicted octanol–water partition coefficient (Wildman–Crippen LogP) is 3.13. The van der Waals surface area contributed by atoms with E-state index in [0.29, 0.717) is 17.3 Å². The molecule has 96 valence electrons. The SMILES string of the molecule is CCC(CC)(CO)CNc1c(N)cccc1Cl. The minimum absolute atomic E-state index is 0.106. The van der Waals surface area contributed by atoms with Crippen molar-refractivity contribution < 1.29 is 5.11 Å². The molecule has 0 aliphatic rings. The van der Waals surface area contributed by atoms with Crippen molar-refractivity contribution in [2.24, 2.45) is 5.41 Å². The number of aliphatic hydroxyl groups excluding tert-OH is 1. The van der Waals surface area contributed by atoms with Gasteiger partial charge in [0.15, 0.2) is 0 Å². The maximum atomic E-state index is 9.49. The highest BCUT2D eigenvalue weighted by Gasteiger charge is 2.25. The van der Waals surface area contributed by atoms with Gasteiger partial charge in [0.2, 0.25) is 0 Å². The van der Waals surface area contributed by atoms with Crippen molar-refractivity contribution in [2.75, 3.05) is 24.2 Å². The van der Waals surface area contributed by atoms with Crippen molar-refractivity contribution in [3.63, 3.8) is 0 Å². The van der Waals surface area contributed by atoms with Gasteiger partial charge in [0, 0.05) is 12.0 Å². The molecule has 0 bridgehead atoms. The van der Waals surface area contributed by atoms with Gasteiger partial charge in [-0.1, -0.05) is 31.5 Å². The first-order valence-corrected chi connectivity index (χ1v) is 6.35. The summed E-state index contributed by atoms with van der Waals surface area (Å²) in [5.41, 5.74) is 7.15. The second-order valence-corrected chi connectivity index (χ2v) is 4.83. The number of halogens is 1. The van der Waals surface area contributed by atoms with Crippen LogP contribution in [0.4, 0.5) is 11.4 Å². The van der Waals surface area contributed by atoms with E-state index in [1.54, 1.807) is 6.07 Å².